The van der Waals surface area contributed by atoms with Crippen molar-refractivity contribution in [3.05, 3.63) is 18.6 Å². The molecule has 1 aromatic rings. The van der Waals surface area contributed by atoms with E-state index in [0.717, 1.165) is 18.7 Å². The molecule has 0 saturated heterocycles. The fraction of sp³-hybridized carbons (Fsp3) is 0.556. The van der Waals surface area contributed by atoms with Crippen LogP contribution in [-0.2, 0) is 0 Å². The summed E-state index contributed by atoms with van der Waals surface area (Å²) in [6.45, 7) is 0.670. The van der Waals surface area contributed by atoms with Crippen LogP contribution in [0.25, 0.3) is 0 Å². The highest BCUT2D eigenvalue weighted by Crippen LogP contribution is 2.33. The van der Waals surface area contributed by atoms with Crippen LogP contribution in [0.3, 0.4) is 0 Å². The number of hydrogen-bond acceptors (Lipinski definition) is 4. The summed E-state index contributed by atoms with van der Waals surface area (Å²) < 4.78 is 0. The van der Waals surface area contributed by atoms with Crippen LogP contribution >= 0.6 is 0 Å². The van der Waals surface area contributed by atoms with Gasteiger partial charge in [0.15, 0.2) is 0 Å². The van der Waals surface area contributed by atoms with Crippen LogP contribution in [0.15, 0.2) is 18.6 Å². The minimum Gasteiger partial charge on any atom is -0.362 e. The van der Waals surface area contributed by atoms with Crippen molar-refractivity contribution >= 4 is 5.82 Å². The molecule has 1 fully saturated rings. The summed E-state index contributed by atoms with van der Waals surface area (Å²) >= 11 is 0. The van der Waals surface area contributed by atoms with Crippen molar-refractivity contribution in [2.45, 2.75) is 24.8 Å². The Labute approximate surface area is 77.6 Å². The van der Waals surface area contributed by atoms with E-state index in [1.807, 2.05) is 0 Å². The molecule has 0 unspecified atom stereocenters. The van der Waals surface area contributed by atoms with E-state index in [4.69, 9.17) is 5.73 Å². The van der Waals surface area contributed by atoms with Gasteiger partial charge in [0.25, 0.3) is 0 Å². The van der Waals surface area contributed by atoms with Crippen LogP contribution in [0.2, 0.25) is 0 Å². The average Bonchev–Trinajstić information content (AvgIpc) is 2.13. The van der Waals surface area contributed by atoms with E-state index >= 15 is 0 Å². The minimum atomic E-state index is 0.0933. The monoisotopic (exact) mass is 178 g/mol. The quantitative estimate of drug-likeness (QED) is 0.717. The van der Waals surface area contributed by atoms with Gasteiger partial charge < -0.3 is 11.1 Å². The molecule has 4 heteroatoms. The smallest absolute Gasteiger partial charge is 0.144 e. The van der Waals surface area contributed by atoms with Gasteiger partial charge in [0.2, 0.25) is 0 Å². The van der Waals surface area contributed by atoms with E-state index < -0.39 is 0 Å². The highest BCUT2D eigenvalue weighted by atomic mass is 15.1. The molecule has 0 bridgehead atoms. The first-order valence-electron chi connectivity index (χ1n) is 4.59. The fourth-order valence-electron chi connectivity index (χ4n) is 1.62. The summed E-state index contributed by atoms with van der Waals surface area (Å²) in [4.78, 5) is 8.16. The van der Waals surface area contributed by atoms with Gasteiger partial charge in [-0.25, -0.2) is 4.98 Å². The minimum absolute atomic E-state index is 0.0933. The van der Waals surface area contributed by atoms with Gasteiger partial charge in [0.05, 0.1) is 11.7 Å². The summed E-state index contributed by atoms with van der Waals surface area (Å²) in [6, 6.07) is 0. The Kier molecular flexibility index (Phi) is 2.14. The molecule has 70 valence electrons. The van der Waals surface area contributed by atoms with Crippen molar-refractivity contribution in [3.8, 4) is 0 Å². The predicted molar refractivity (Wildman–Crippen MR) is 51.3 cm³/mol. The maximum atomic E-state index is 5.71. The molecule has 1 saturated carbocycles. The zero-order valence-electron chi connectivity index (χ0n) is 7.53. The molecule has 1 aliphatic rings. The van der Waals surface area contributed by atoms with Gasteiger partial charge in [-0.05, 0) is 19.3 Å². The molecular formula is C9H14N4. The van der Waals surface area contributed by atoms with E-state index in [1.54, 1.807) is 18.6 Å². The Morgan fingerprint density at radius 2 is 2.31 bits per heavy atom. The van der Waals surface area contributed by atoms with Crippen LogP contribution in [0.4, 0.5) is 5.82 Å². The number of hydrogen-bond donors (Lipinski definition) is 2. The summed E-state index contributed by atoms with van der Waals surface area (Å²) in [7, 11) is 0. The maximum Gasteiger partial charge on any atom is 0.144 e. The highest BCUT2D eigenvalue weighted by molar-refractivity contribution is 5.36. The van der Waals surface area contributed by atoms with Crippen molar-refractivity contribution in [2.75, 3.05) is 11.9 Å². The molecule has 0 radical (unpaired) electrons. The molecular weight excluding hydrogens is 164 g/mol. The van der Waals surface area contributed by atoms with Gasteiger partial charge in [0, 0.05) is 18.9 Å². The summed E-state index contributed by atoms with van der Waals surface area (Å²) in [5.74, 6) is 0.827. The molecule has 1 heterocycles. The van der Waals surface area contributed by atoms with Gasteiger partial charge in [0.1, 0.15) is 5.82 Å². The molecule has 0 aromatic carbocycles. The second kappa shape index (κ2) is 3.30. The second-order valence-electron chi connectivity index (χ2n) is 3.55. The van der Waals surface area contributed by atoms with Crippen LogP contribution in [0.5, 0.6) is 0 Å². The maximum absolute atomic E-state index is 5.71. The van der Waals surface area contributed by atoms with Crippen LogP contribution in [0.1, 0.15) is 19.3 Å². The first-order valence-corrected chi connectivity index (χ1v) is 4.59. The average molecular weight is 178 g/mol. The van der Waals surface area contributed by atoms with Crippen LogP contribution in [-0.4, -0.2) is 22.1 Å². The van der Waals surface area contributed by atoms with Crippen molar-refractivity contribution in [1.29, 1.82) is 0 Å². The van der Waals surface area contributed by atoms with Gasteiger partial charge in [-0.15, -0.1) is 0 Å². The lowest BCUT2D eigenvalue weighted by Gasteiger charge is -2.41. The zero-order valence-corrected chi connectivity index (χ0v) is 7.53. The topological polar surface area (TPSA) is 63.8 Å². The summed E-state index contributed by atoms with van der Waals surface area (Å²) in [5, 5.41) is 3.34. The highest BCUT2D eigenvalue weighted by Gasteiger charge is 2.35. The van der Waals surface area contributed by atoms with E-state index in [0.29, 0.717) is 6.54 Å². The number of nitrogens with zero attached hydrogens (tertiary/aromatic N) is 2. The Morgan fingerprint density at radius 3 is 2.77 bits per heavy atom. The predicted octanol–water partition coefficient (Wildman–Crippen LogP) is 0.770. The van der Waals surface area contributed by atoms with E-state index in [1.165, 1.54) is 6.42 Å². The second-order valence-corrected chi connectivity index (χ2v) is 3.55. The van der Waals surface area contributed by atoms with E-state index in [-0.39, 0.29) is 5.54 Å². The first-order chi connectivity index (χ1) is 6.35. The van der Waals surface area contributed by atoms with Gasteiger partial charge >= 0.3 is 0 Å². The molecule has 2 rings (SSSR count). The Hall–Kier alpha value is -1.16. The molecule has 0 amide bonds. The molecule has 4 nitrogen and oxygen atoms in total. The van der Waals surface area contributed by atoms with Gasteiger partial charge in [-0.2, -0.15) is 0 Å². The van der Waals surface area contributed by atoms with Crippen molar-refractivity contribution in [1.82, 2.24) is 9.97 Å². The summed E-state index contributed by atoms with van der Waals surface area (Å²) in [6.07, 6.45) is 8.62. The Bertz CT molecular complexity index is 263. The Balaban J connectivity index is 2.05. The Morgan fingerprint density at radius 1 is 1.46 bits per heavy atom. The van der Waals surface area contributed by atoms with E-state index in [9.17, 15) is 0 Å². The lowest BCUT2D eigenvalue weighted by Crippen LogP contribution is -2.51. The number of aromatic nitrogens is 2. The standard InChI is InChI=1S/C9H14N4/c10-7-9(2-1-3-9)13-8-6-11-4-5-12-8/h4-6H,1-3,7,10H2,(H,12,13). The van der Waals surface area contributed by atoms with Gasteiger partial charge in [-0.3, -0.25) is 4.98 Å². The number of nitrogens with two attached hydrogens (primary N) is 1. The van der Waals surface area contributed by atoms with Crippen molar-refractivity contribution in [3.63, 3.8) is 0 Å². The molecule has 13 heavy (non-hydrogen) atoms. The third-order valence-corrected chi connectivity index (χ3v) is 2.66. The van der Waals surface area contributed by atoms with Crippen LogP contribution < -0.4 is 11.1 Å². The molecule has 0 aliphatic heterocycles. The van der Waals surface area contributed by atoms with Crippen molar-refractivity contribution in [2.24, 2.45) is 5.73 Å². The van der Waals surface area contributed by atoms with Crippen LogP contribution in [0, 0.1) is 0 Å². The number of rotatable bonds is 3. The molecule has 1 aliphatic carbocycles. The van der Waals surface area contributed by atoms with Crippen molar-refractivity contribution < 1.29 is 0 Å². The van der Waals surface area contributed by atoms with Gasteiger partial charge in [-0.1, -0.05) is 0 Å². The number of nitrogens with one attached hydrogen (secondary N) is 1. The largest absolute Gasteiger partial charge is 0.362 e. The third-order valence-electron chi connectivity index (χ3n) is 2.66. The summed E-state index contributed by atoms with van der Waals surface area (Å²) in [5.41, 5.74) is 5.80. The zero-order chi connectivity index (χ0) is 9.15. The fourth-order valence-corrected chi connectivity index (χ4v) is 1.62. The SMILES string of the molecule is NCC1(Nc2cnccn2)CCC1. The molecule has 3 N–H and O–H groups in total. The normalized spacial score (nSPS) is 19.2. The number of anilines is 1. The van der Waals surface area contributed by atoms with E-state index in [2.05, 4.69) is 15.3 Å². The molecule has 1 aromatic heterocycles. The lowest BCUT2D eigenvalue weighted by molar-refractivity contribution is 0.286. The molecule has 0 atom stereocenters. The lowest BCUT2D eigenvalue weighted by atomic mass is 9.77. The first kappa shape index (κ1) is 8.44. The molecule has 0 spiro atoms. The third kappa shape index (κ3) is 1.62.